The molecule has 1 rings (SSSR count). The molecule has 1 N–H and O–H groups in total. The Morgan fingerprint density at radius 1 is 1.62 bits per heavy atom. The molecule has 0 aliphatic heterocycles. The first-order chi connectivity index (χ1) is 7.60. The largest absolute Gasteiger partial charge is 0.321 e. The van der Waals surface area contributed by atoms with Crippen LogP contribution in [0.3, 0.4) is 0 Å². The Kier molecular flexibility index (Phi) is 3.35. The van der Waals surface area contributed by atoms with E-state index in [1.807, 2.05) is 0 Å². The number of rotatable bonds is 3. The van der Waals surface area contributed by atoms with Gasteiger partial charge in [-0.3, -0.25) is 14.9 Å². The van der Waals surface area contributed by atoms with Crippen molar-refractivity contribution < 1.29 is 9.72 Å². The lowest BCUT2D eigenvalue weighted by molar-refractivity contribution is -0.385. The predicted octanol–water partition coefficient (Wildman–Crippen LogP) is 1.59. The summed E-state index contributed by atoms with van der Waals surface area (Å²) in [5, 5.41) is 21.7. The summed E-state index contributed by atoms with van der Waals surface area (Å²) in [6, 6.07) is 5.68. The van der Waals surface area contributed by atoms with E-state index in [4.69, 9.17) is 5.26 Å². The molecule has 1 aromatic carbocycles. The number of nitro groups is 1. The fourth-order valence-corrected chi connectivity index (χ4v) is 1.10. The third-order valence-corrected chi connectivity index (χ3v) is 1.79. The molecule has 6 nitrogen and oxygen atoms in total. The van der Waals surface area contributed by atoms with Gasteiger partial charge in [0.15, 0.2) is 5.56 Å². The number of nitrogens with zero attached hydrogens (tertiary/aromatic N) is 2. The van der Waals surface area contributed by atoms with E-state index in [-0.39, 0.29) is 16.9 Å². The monoisotopic (exact) mass is 217 g/mol. The molecular formula is C10H7N3O3. The van der Waals surface area contributed by atoms with Crippen molar-refractivity contribution in [1.82, 2.24) is 0 Å². The lowest BCUT2D eigenvalue weighted by Crippen LogP contribution is -2.09. The Hall–Kier alpha value is -2.68. The van der Waals surface area contributed by atoms with E-state index in [2.05, 4.69) is 11.9 Å². The summed E-state index contributed by atoms with van der Waals surface area (Å²) in [6.07, 6.45) is 1.01. The average molecular weight is 217 g/mol. The molecule has 0 fully saturated rings. The second-order valence-corrected chi connectivity index (χ2v) is 2.76. The zero-order valence-corrected chi connectivity index (χ0v) is 8.14. The smallest absolute Gasteiger partial charge is 0.289 e. The predicted molar refractivity (Wildman–Crippen MR) is 56.6 cm³/mol. The molecule has 0 atom stereocenters. The molecule has 0 saturated heterocycles. The quantitative estimate of drug-likeness (QED) is 0.472. The highest BCUT2D eigenvalue weighted by Gasteiger charge is 2.17. The van der Waals surface area contributed by atoms with E-state index in [1.54, 1.807) is 6.07 Å². The number of nitrogens with one attached hydrogen (secondary N) is 1. The molecule has 6 heteroatoms. The van der Waals surface area contributed by atoms with Crippen molar-refractivity contribution in [3.05, 3.63) is 46.5 Å². The van der Waals surface area contributed by atoms with Crippen LogP contribution in [0.5, 0.6) is 0 Å². The van der Waals surface area contributed by atoms with Gasteiger partial charge < -0.3 is 5.32 Å². The minimum absolute atomic E-state index is 0.0987. The van der Waals surface area contributed by atoms with Crippen LogP contribution in [0.25, 0.3) is 0 Å². The number of nitro benzene ring substituents is 1. The van der Waals surface area contributed by atoms with Crippen LogP contribution >= 0.6 is 0 Å². The summed E-state index contributed by atoms with van der Waals surface area (Å²) in [7, 11) is 0. The second kappa shape index (κ2) is 4.70. The number of hydrogen-bond donors (Lipinski definition) is 1. The highest BCUT2D eigenvalue weighted by Crippen LogP contribution is 2.25. The maximum absolute atomic E-state index is 11.0. The standard InChI is InChI=1S/C10H7N3O3/c1-2-10(14)12-8-4-3-5-9(13(15)16)7(8)6-11/h2-5H,1H2,(H,12,14). The van der Waals surface area contributed by atoms with Crippen LogP contribution in [0.2, 0.25) is 0 Å². The number of amides is 1. The molecule has 0 heterocycles. The minimum Gasteiger partial charge on any atom is -0.321 e. The van der Waals surface area contributed by atoms with E-state index in [0.717, 1.165) is 6.08 Å². The summed E-state index contributed by atoms with van der Waals surface area (Å²) in [4.78, 5) is 21.0. The van der Waals surface area contributed by atoms with Gasteiger partial charge in [-0.05, 0) is 12.1 Å². The molecule has 0 radical (unpaired) electrons. The second-order valence-electron chi connectivity index (χ2n) is 2.76. The molecule has 0 aliphatic rings. The maximum Gasteiger partial charge on any atom is 0.289 e. The number of carbonyl (C=O) groups excluding carboxylic acids is 1. The van der Waals surface area contributed by atoms with Crippen LogP contribution < -0.4 is 5.32 Å². The van der Waals surface area contributed by atoms with Crippen LogP contribution in [0.15, 0.2) is 30.9 Å². The summed E-state index contributed by atoms with van der Waals surface area (Å²) in [6.45, 7) is 3.24. The number of anilines is 1. The van der Waals surface area contributed by atoms with Crippen LogP contribution in [0, 0.1) is 21.4 Å². The third-order valence-electron chi connectivity index (χ3n) is 1.79. The van der Waals surface area contributed by atoms with Gasteiger partial charge in [0.25, 0.3) is 5.69 Å². The first-order valence-electron chi connectivity index (χ1n) is 4.21. The number of nitriles is 1. The van der Waals surface area contributed by atoms with Crippen molar-refractivity contribution in [2.45, 2.75) is 0 Å². The van der Waals surface area contributed by atoms with E-state index >= 15 is 0 Å². The summed E-state index contributed by atoms with van der Waals surface area (Å²) < 4.78 is 0. The Bertz CT molecular complexity index is 503. The lowest BCUT2D eigenvalue weighted by atomic mass is 10.1. The third kappa shape index (κ3) is 2.22. The molecule has 80 valence electrons. The Labute approximate surface area is 91.0 Å². The van der Waals surface area contributed by atoms with Crippen molar-refractivity contribution >= 4 is 17.3 Å². The minimum atomic E-state index is -0.678. The SMILES string of the molecule is C=CC(=O)Nc1cccc([N+](=O)[O-])c1C#N. The van der Waals surface area contributed by atoms with Crippen molar-refractivity contribution in [1.29, 1.82) is 5.26 Å². The maximum atomic E-state index is 11.0. The van der Waals surface area contributed by atoms with Gasteiger partial charge >= 0.3 is 0 Å². The molecule has 0 unspecified atom stereocenters. The Morgan fingerprint density at radius 3 is 2.81 bits per heavy atom. The van der Waals surface area contributed by atoms with Crippen molar-refractivity contribution in [2.24, 2.45) is 0 Å². The van der Waals surface area contributed by atoms with Crippen LogP contribution in [-0.4, -0.2) is 10.8 Å². The number of hydrogen-bond acceptors (Lipinski definition) is 4. The number of benzene rings is 1. The molecular weight excluding hydrogens is 210 g/mol. The first-order valence-corrected chi connectivity index (χ1v) is 4.21. The number of carbonyl (C=O) groups is 1. The van der Waals surface area contributed by atoms with Gasteiger partial charge in [0.05, 0.1) is 10.6 Å². The van der Waals surface area contributed by atoms with Gasteiger partial charge in [-0.15, -0.1) is 0 Å². The van der Waals surface area contributed by atoms with Gasteiger partial charge in [-0.2, -0.15) is 5.26 Å². The van der Waals surface area contributed by atoms with Gasteiger partial charge in [-0.25, -0.2) is 0 Å². The Morgan fingerprint density at radius 2 is 2.31 bits per heavy atom. The van der Waals surface area contributed by atoms with Crippen LogP contribution in [0.1, 0.15) is 5.56 Å². The van der Waals surface area contributed by atoms with Gasteiger partial charge in [0.2, 0.25) is 5.91 Å². The highest BCUT2D eigenvalue weighted by molar-refractivity contribution is 6.00. The summed E-state index contributed by atoms with van der Waals surface area (Å²) >= 11 is 0. The molecule has 0 spiro atoms. The summed E-state index contributed by atoms with van der Waals surface area (Å²) in [5.74, 6) is -0.531. The van der Waals surface area contributed by atoms with Crippen molar-refractivity contribution in [3.8, 4) is 6.07 Å². The van der Waals surface area contributed by atoms with Crippen LogP contribution in [-0.2, 0) is 4.79 Å². The molecule has 1 amide bonds. The first kappa shape index (κ1) is 11.4. The van der Waals surface area contributed by atoms with Gasteiger partial charge in [0, 0.05) is 6.07 Å². The molecule has 0 aliphatic carbocycles. The molecule has 0 bridgehead atoms. The average Bonchev–Trinajstić information content (AvgIpc) is 2.28. The normalized spacial score (nSPS) is 8.94. The highest BCUT2D eigenvalue weighted by atomic mass is 16.6. The van der Waals surface area contributed by atoms with E-state index in [9.17, 15) is 14.9 Å². The molecule has 1 aromatic rings. The van der Waals surface area contributed by atoms with E-state index < -0.39 is 10.8 Å². The van der Waals surface area contributed by atoms with E-state index in [1.165, 1.54) is 18.2 Å². The van der Waals surface area contributed by atoms with Crippen molar-refractivity contribution in [3.63, 3.8) is 0 Å². The van der Waals surface area contributed by atoms with Crippen LogP contribution in [0.4, 0.5) is 11.4 Å². The molecule has 0 saturated carbocycles. The Balaban J connectivity index is 3.25. The summed E-state index contributed by atoms with van der Waals surface area (Å²) in [5.41, 5.74) is -0.423. The zero-order valence-electron chi connectivity index (χ0n) is 8.14. The molecule has 0 aromatic heterocycles. The fourth-order valence-electron chi connectivity index (χ4n) is 1.10. The van der Waals surface area contributed by atoms with Gasteiger partial charge in [-0.1, -0.05) is 12.6 Å². The zero-order chi connectivity index (χ0) is 12.1. The van der Waals surface area contributed by atoms with Gasteiger partial charge in [0.1, 0.15) is 6.07 Å². The lowest BCUT2D eigenvalue weighted by Gasteiger charge is -2.04. The van der Waals surface area contributed by atoms with E-state index in [0.29, 0.717) is 0 Å². The van der Waals surface area contributed by atoms with Crippen molar-refractivity contribution in [2.75, 3.05) is 5.32 Å². The molecule has 16 heavy (non-hydrogen) atoms. The topological polar surface area (TPSA) is 96.0 Å². The fraction of sp³-hybridized carbons (Fsp3) is 0.